The van der Waals surface area contributed by atoms with Gasteiger partial charge in [0.1, 0.15) is 0 Å². The van der Waals surface area contributed by atoms with Crippen LogP contribution < -0.4 is 5.73 Å². The van der Waals surface area contributed by atoms with Crippen LogP contribution in [0.3, 0.4) is 0 Å². The quantitative estimate of drug-likeness (QED) is 0.774. The zero-order valence-corrected chi connectivity index (χ0v) is 9.82. The molecule has 15 heavy (non-hydrogen) atoms. The average molecular weight is 208 g/mol. The van der Waals surface area contributed by atoms with Gasteiger partial charge in [-0.2, -0.15) is 5.10 Å². The van der Waals surface area contributed by atoms with E-state index in [0.29, 0.717) is 6.04 Å². The highest BCUT2D eigenvalue weighted by Gasteiger charge is 2.28. The zero-order chi connectivity index (χ0) is 11.0. The van der Waals surface area contributed by atoms with Crippen molar-refractivity contribution in [1.29, 1.82) is 0 Å². The lowest BCUT2D eigenvalue weighted by Gasteiger charge is -2.33. The van der Waals surface area contributed by atoms with Gasteiger partial charge in [-0.3, -0.25) is 9.58 Å². The smallest absolute Gasteiger partial charge is 0.0644 e. The van der Waals surface area contributed by atoms with Gasteiger partial charge >= 0.3 is 0 Å². The number of hydrogen-bond donors (Lipinski definition) is 1. The summed E-state index contributed by atoms with van der Waals surface area (Å²) in [5.74, 6) is 0. The SMILES string of the molecule is Cc1nn(C)c2c1C(CCN)N(C)CC2. The molecule has 2 N–H and O–H groups in total. The van der Waals surface area contributed by atoms with E-state index in [1.807, 2.05) is 11.7 Å². The fourth-order valence-corrected chi connectivity index (χ4v) is 2.63. The van der Waals surface area contributed by atoms with Crippen molar-refractivity contribution in [2.75, 3.05) is 20.1 Å². The Balaban J connectivity index is 2.42. The number of nitrogens with two attached hydrogens (primary N) is 1. The lowest BCUT2D eigenvalue weighted by molar-refractivity contribution is 0.219. The molecule has 0 radical (unpaired) electrons. The first-order chi connectivity index (χ1) is 7.15. The highest BCUT2D eigenvalue weighted by Crippen LogP contribution is 2.32. The van der Waals surface area contributed by atoms with Crippen molar-refractivity contribution < 1.29 is 0 Å². The Morgan fingerprint density at radius 2 is 2.20 bits per heavy atom. The number of likely N-dealkylation sites (N-methyl/N-ethyl adjacent to an activating group) is 1. The van der Waals surface area contributed by atoms with E-state index >= 15 is 0 Å². The molecule has 2 rings (SSSR count). The third-order valence-electron chi connectivity index (χ3n) is 3.40. The molecule has 2 heterocycles. The molecule has 1 aromatic rings. The summed E-state index contributed by atoms with van der Waals surface area (Å²) in [5.41, 5.74) is 9.65. The van der Waals surface area contributed by atoms with Crippen molar-refractivity contribution in [1.82, 2.24) is 14.7 Å². The third-order valence-corrected chi connectivity index (χ3v) is 3.40. The van der Waals surface area contributed by atoms with Gasteiger partial charge in [0.15, 0.2) is 0 Å². The third kappa shape index (κ3) is 1.68. The number of nitrogens with zero attached hydrogens (tertiary/aromatic N) is 3. The second-order valence-corrected chi connectivity index (χ2v) is 4.39. The molecule has 4 heteroatoms. The van der Waals surface area contributed by atoms with Gasteiger partial charge in [0.05, 0.1) is 5.69 Å². The molecule has 1 atom stereocenters. The molecular weight excluding hydrogens is 188 g/mol. The predicted octanol–water partition coefficient (Wildman–Crippen LogP) is 0.606. The van der Waals surface area contributed by atoms with Gasteiger partial charge < -0.3 is 5.73 Å². The highest BCUT2D eigenvalue weighted by atomic mass is 15.3. The lowest BCUT2D eigenvalue weighted by Crippen LogP contribution is -2.34. The molecule has 0 bridgehead atoms. The largest absolute Gasteiger partial charge is 0.330 e. The standard InChI is InChI=1S/C11H20N4/c1-8-11-9(4-6-12)14(2)7-5-10(11)15(3)13-8/h9H,4-7,12H2,1-3H3. The van der Waals surface area contributed by atoms with Crippen molar-refractivity contribution >= 4 is 0 Å². The van der Waals surface area contributed by atoms with Gasteiger partial charge in [0, 0.05) is 37.3 Å². The molecule has 0 spiro atoms. The van der Waals surface area contributed by atoms with Crippen LogP contribution in [0.15, 0.2) is 0 Å². The summed E-state index contributed by atoms with van der Waals surface area (Å²) < 4.78 is 2.03. The summed E-state index contributed by atoms with van der Waals surface area (Å²) in [4.78, 5) is 2.39. The maximum absolute atomic E-state index is 5.68. The molecule has 0 saturated heterocycles. The van der Waals surface area contributed by atoms with E-state index in [1.165, 1.54) is 11.3 Å². The van der Waals surface area contributed by atoms with E-state index in [2.05, 4.69) is 24.0 Å². The fraction of sp³-hybridized carbons (Fsp3) is 0.727. The van der Waals surface area contributed by atoms with Gasteiger partial charge in [0.25, 0.3) is 0 Å². The molecule has 1 unspecified atom stereocenters. The number of rotatable bonds is 2. The second-order valence-electron chi connectivity index (χ2n) is 4.39. The van der Waals surface area contributed by atoms with Crippen LogP contribution >= 0.6 is 0 Å². The summed E-state index contributed by atoms with van der Waals surface area (Å²) >= 11 is 0. The summed E-state index contributed by atoms with van der Waals surface area (Å²) in [5, 5.41) is 4.51. The molecule has 0 fully saturated rings. The topological polar surface area (TPSA) is 47.1 Å². The van der Waals surface area contributed by atoms with Crippen LogP contribution in [-0.2, 0) is 13.5 Å². The van der Waals surface area contributed by atoms with Gasteiger partial charge in [0.2, 0.25) is 0 Å². The Morgan fingerprint density at radius 3 is 2.87 bits per heavy atom. The molecule has 4 nitrogen and oxygen atoms in total. The second kappa shape index (κ2) is 3.94. The van der Waals surface area contributed by atoms with E-state index in [1.54, 1.807) is 0 Å². The average Bonchev–Trinajstić information content (AvgIpc) is 2.47. The first kappa shape index (κ1) is 10.6. The molecule has 0 aromatic carbocycles. The zero-order valence-electron chi connectivity index (χ0n) is 9.82. The maximum Gasteiger partial charge on any atom is 0.0644 e. The van der Waals surface area contributed by atoms with Crippen LogP contribution in [0.5, 0.6) is 0 Å². The molecular formula is C11H20N4. The van der Waals surface area contributed by atoms with Crippen molar-refractivity contribution in [3.63, 3.8) is 0 Å². The lowest BCUT2D eigenvalue weighted by atomic mass is 9.94. The molecule has 1 aliphatic rings. The van der Waals surface area contributed by atoms with Crippen LogP contribution in [0.2, 0.25) is 0 Å². The van der Waals surface area contributed by atoms with E-state index in [-0.39, 0.29) is 0 Å². The normalized spacial score (nSPS) is 21.7. The van der Waals surface area contributed by atoms with Crippen LogP contribution in [0.25, 0.3) is 0 Å². The van der Waals surface area contributed by atoms with E-state index < -0.39 is 0 Å². The van der Waals surface area contributed by atoms with Gasteiger partial charge in [-0.1, -0.05) is 0 Å². The fourth-order valence-electron chi connectivity index (χ4n) is 2.63. The number of aryl methyl sites for hydroxylation is 2. The minimum absolute atomic E-state index is 0.465. The summed E-state index contributed by atoms with van der Waals surface area (Å²) in [6.07, 6.45) is 2.13. The molecule has 84 valence electrons. The predicted molar refractivity (Wildman–Crippen MR) is 60.7 cm³/mol. The monoisotopic (exact) mass is 208 g/mol. The number of hydrogen-bond acceptors (Lipinski definition) is 3. The van der Waals surface area contributed by atoms with E-state index in [4.69, 9.17) is 5.73 Å². The Kier molecular flexibility index (Phi) is 2.80. The molecule has 0 saturated carbocycles. The Morgan fingerprint density at radius 1 is 1.47 bits per heavy atom. The summed E-state index contributed by atoms with van der Waals surface area (Å²) in [6, 6.07) is 0.465. The minimum atomic E-state index is 0.465. The first-order valence-corrected chi connectivity index (χ1v) is 5.57. The van der Waals surface area contributed by atoms with Crippen molar-refractivity contribution in [2.24, 2.45) is 12.8 Å². The maximum atomic E-state index is 5.68. The Hall–Kier alpha value is -0.870. The molecule has 1 aliphatic heterocycles. The number of aromatic nitrogens is 2. The first-order valence-electron chi connectivity index (χ1n) is 5.57. The van der Waals surface area contributed by atoms with Gasteiger partial charge in [-0.05, 0) is 26.9 Å². The van der Waals surface area contributed by atoms with Gasteiger partial charge in [-0.25, -0.2) is 0 Å². The number of fused-ring (bicyclic) bond motifs is 1. The summed E-state index contributed by atoms with van der Waals surface area (Å²) in [6.45, 7) is 3.95. The van der Waals surface area contributed by atoms with Crippen LogP contribution in [-0.4, -0.2) is 34.8 Å². The highest BCUT2D eigenvalue weighted by molar-refractivity contribution is 5.31. The van der Waals surface area contributed by atoms with E-state index in [9.17, 15) is 0 Å². The molecule has 0 aliphatic carbocycles. The van der Waals surface area contributed by atoms with Crippen LogP contribution in [0, 0.1) is 6.92 Å². The van der Waals surface area contributed by atoms with Gasteiger partial charge in [-0.15, -0.1) is 0 Å². The van der Waals surface area contributed by atoms with Crippen molar-refractivity contribution in [3.05, 3.63) is 17.0 Å². The van der Waals surface area contributed by atoms with Crippen LogP contribution in [0.1, 0.15) is 29.4 Å². The van der Waals surface area contributed by atoms with Crippen LogP contribution in [0.4, 0.5) is 0 Å². The Labute approximate surface area is 91.1 Å². The molecule has 0 amide bonds. The van der Waals surface area contributed by atoms with E-state index in [0.717, 1.165) is 31.6 Å². The Bertz CT molecular complexity index is 356. The summed E-state index contributed by atoms with van der Waals surface area (Å²) in [7, 11) is 4.21. The van der Waals surface area contributed by atoms with Crippen molar-refractivity contribution in [3.8, 4) is 0 Å². The van der Waals surface area contributed by atoms with Crippen molar-refractivity contribution in [2.45, 2.75) is 25.8 Å². The molecule has 1 aromatic heterocycles. The minimum Gasteiger partial charge on any atom is -0.330 e.